The fraction of sp³-hybridized carbons (Fsp3) is 0.133. The number of amides is 2. The van der Waals surface area contributed by atoms with E-state index in [0.29, 0.717) is 11.6 Å². The number of pyridine rings is 1. The summed E-state index contributed by atoms with van der Waals surface area (Å²) in [5.74, 6) is -2.00. The Hall–Kier alpha value is -2.61. The van der Waals surface area contributed by atoms with Gasteiger partial charge in [-0.2, -0.15) is 13.2 Å². The molecule has 2 rings (SSSR count). The van der Waals surface area contributed by atoms with Gasteiger partial charge in [0, 0.05) is 11.9 Å². The number of nitrogens with one attached hydrogen (secondary N) is 2. The number of anilines is 2. The second kappa shape index (κ2) is 6.88. The standard InChI is InChI=1S/C15H11ClF3N3O2/c1-8-3-2-6-20-12(8)22-14(24)13(23)21-9-4-5-11(16)10(7-9)15(17,18)19/h2-7H,1H3,(H,21,23)(H,20,22,24). The Morgan fingerprint density at radius 1 is 1.12 bits per heavy atom. The van der Waals surface area contributed by atoms with Crippen LogP contribution in [0.3, 0.4) is 0 Å². The Bertz CT molecular complexity index is 794. The van der Waals surface area contributed by atoms with Crippen molar-refractivity contribution in [1.29, 1.82) is 0 Å². The Morgan fingerprint density at radius 2 is 1.79 bits per heavy atom. The number of alkyl halides is 3. The lowest BCUT2D eigenvalue weighted by Gasteiger charge is -2.12. The molecule has 0 spiro atoms. The van der Waals surface area contributed by atoms with Gasteiger partial charge in [0.05, 0.1) is 10.6 Å². The number of halogens is 4. The molecule has 0 aliphatic heterocycles. The molecule has 2 N–H and O–H groups in total. The average Bonchev–Trinajstić information content (AvgIpc) is 2.50. The van der Waals surface area contributed by atoms with E-state index in [2.05, 4.69) is 15.6 Å². The summed E-state index contributed by atoms with van der Waals surface area (Å²) in [5, 5.41) is 3.85. The van der Waals surface area contributed by atoms with Crippen molar-refractivity contribution in [3.63, 3.8) is 0 Å². The molecule has 0 atom stereocenters. The maximum Gasteiger partial charge on any atom is 0.417 e. The number of hydrogen-bond acceptors (Lipinski definition) is 3. The van der Waals surface area contributed by atoms with E-state index in [0.717, 1.165) is 12.1 Å². The van der Waals surface area contributed by atoms with Crippen molar-refractivity contribution in [2.75, 3.05) is 10.6 Å². The van der Waals surface area contributed by atoms with E-state index in [9.17, 15) is 22.8 Å². The van der Waals surface area contributed by atoms with Crippen LogP contribution in [0.25, 0.3) is 0 Å². The number of hydrogen-bond donors (Lipinski definition) is 2. The number of carbonyl (C=O) groups is 2. The highest BCUT2D eigenvalue weighted by Gasteiger charge is 2.33. The zero-order valence-corrected chi connectivity index (χ0v) is 13.0. The number of rotatable bonds is 2. The fourth-order valence-electron chi connectivity index (χ4n) is 1.79. The summed E-state index contributed by atoms with van der Waals surface area (Å²) < 4.78 is 38.3. The molecule has 0 saturated heterocycles. The first kappa shape index (κ1) is 17.7. The van der Waals surface area contributed by atoms with Gasteiger partial charge in [-0.3, -0.25) is 9.59 Å². The summed E-state index contributed by atoms with van der Waals surface area (Å²) in [6, 6.07) is 6.13. The molecule has 1 heterocycles. The maximum absolute atomic E-state index is 12.8. The summed E-state index contributed by atoms with van der Waals surface area (Å²) in [6.45, 7) is 1.68. The van der Waals surface area contributed by atoms with E-state index in [1.165, 1.54) is 6.20 Å². The van der Waals surface area contributed by atoms with Gasteiger partial charge in [0.2, 0.25) is 0 Å². The first-order chi connectivity index (χ1) is 11.2. The van der Waals surface area contributed by atoms with Gasteiger partial charge in [0.15, 0.2) is 0 Å². The third kappa shape index (κ3) is 4.23. The van der Waals surface area contributed by atoms with Gasteiger partial charge in [-0.15, -0.1) is 0 Å². The van der Waals surface area contributed by atoms with Crippen molar-refractivity contribution in [2.45, 2.75) is 13.1 Å². The number of carbonyl (C=O) groups excluding carboxylic acids is 2. The summed E-state index contributed by atoms with van der Waals surface area (Å²) in [5.41, 5.74) is -0.683. The van der Waals surface area contributed by atoms with Crippen LogP contribution < -0.4 is 10.6 Å². The first-order valence-corrected chi connectivity index (χ1v) is 6.97. The predicted octanol–water partition coefficient (Wildman–Crippen LogP) is 3.64. The smallest absolute Gasteiger partial charge is 0.318 e. The molecule has 126 valence electrons. The average molecular weight is 358 g/mol. The van der Waals surface area contributed by atoms with E-state index >= 15 is 0 Å². The zero-order valence-electron chi connectivity index (χ0n) is 12.2. The van der Waals surface area contributed by atoms with Crippen LogP contribution in [0.15, 0.2) is 36.5 Å². The molecule has 0 unspecified atom stereocenters. The molecule has 2 amide bonds. The minimum absolute atomic E-state index is 0.185. The van der Waals surface area contributed by atoms with Crippen molar-refractivity contribution in [1.82, 2.24) is 4.98 Å². The maximum atomic E-state index is 12.8. The Morgan fingerprint density at radius 3 is 2.42 bits per heavy atom. The van der Waals surface area contributed by atoms with Crippen molar-refractivity contribution in [2.24, 2.45) is 0 Å². The van der Waals surface area contributed by atoms with Gasteiger partial charge in [-0.05, 0) is 36.8 Å². The Kier molecular flexibility index (Phi) is 5.08. The molecule has 24 heavy (non-hydrogen) atoms. The van der Waals surface area contributed by atoms with Gasteiger partial charge in [0.1, 0.15) is 5.82 Å². The molecule has 2 aromatic rings. The number of aryl methyl sites for hydroxylation is 1. The lowest BCUT2D eigenvalue weighted by Crippen LogP contribution is -2.29. The third-order valence-electron chi connectivity index (χ3n) is 2.98. The van der Waals surface area contributed by atoms with Gasteiger partial charge >= 0.3 is 18.0 Å². The molecule has 1 aromatic heterocycles. The first-order valence-electron chi connectivity index (χ1n) is 6.59. The molecular weight excluding hydrogens is 347 g/mol. The number of aromatic nitrogens is 1. The van der Waals surface area contributed by atoms with Crippen molar-refractivity contribution < 1.29 is 22.8 Å². The fourth-order valence-corrected chi connectivity index (χ4v) is 2.01. The summed E-state index contributed by atoms with van der Waals surface area (Å²) in [7, 11) is 0. The molecule has 0 aliphatic carbocycles. The van der Waals surface area contributed by atoms with Crippen LogP contribution in [0.2, 0.25) is 5.02 Å². The Labute approximate surface area is 139 Å². The lowest BCUT2D eigenvalue weighted by molar-refractivity contribution is -0.137. The molecular formula is C15H11ClF3N3O2. The second-order valence-electron chi connectivity index (χ2n) is 4.77. The SMILES string of the molecule is Cc1cccnc1NC(=O)C(=O)Nc1ccc(Cl)c(C(F)(F)F)c1. The summed E-state index contributed by atoms with van der Waals surface area (Å²) in [4.78, 5) is 27.5. The van der Waals surface area contributed by atoms with Gasteiger partial charge in [-0.25, -0.2) is 4.98 Å². The van der Waals surface area contributed by atoms with Gasteiger partial charge < -0.3 is 10.6 Å². The second-order valence-corrected chi connectivity index (χ2v) is 5.18. The van der Waals surface area contributed by atoms with Crippen LogP contribution >= 0.6 is 11.6 Å². The predicted molar refractivity (Wildman–Crippen MR) is 82.7 cm³/mol. The largest absolute Gasteiger partial charge is 0.417 e. The van der Waals surface area contributed by atoms with E-state index in [-0.39, 0.29) is 11.5 Å². The molecule has 0 radical (unpaired) electrons. The van der Waals surface area contributed by atoms with E-state index < -0.39 is 28.6 Å². The van der Waals surface area contributed by atoms with Crippen molar-refractivity contribution in [3.8, 4) is 0 Å². The quantitative estimate of drug-likeness (QED) is 0.806. The lowest BCUT2D eigenvalue weighted by atomic mass is 10.2. The molecule has 0 bridgehead atoms. The van der Waals surface area contributed by atoms with E-state index in [4.69, 9.17) is 11.6 Å². The van der Waals surface area contributed by atoms with Gasteiger partial charge in [0.25, 0.3) is 0 Å². The van der Waals surface area contributed by atoms with E-state index in [1.54, 1.807) is 19.1 Å². The number of nitrogens with zero attached hydrogens (tertiary/aromatic N) is 1. The van der Waals surface area contributed by atoms with Crippen LogP contribution in [0.4, 0.5) is 24.7 Å². The van der Waals surface area contributed by atoms with Crippen molar-refractivity contribution >= 4 is 34.9 Å². The van der Waals surface area contributed by atoms with Crippen LogP contribution in [-0.4, -0.2) is 16.8 Å². The molecule has 5 nitrogen and oxygen atoms in total. The van der Waals surface area contributed by atoms with Crippen LogP contribution in [0.5, 0.6) is 0 Å². The molecule has 9 heteroatoms. The van der Waals surface area contributed by atoms with Crippen LogP contribution in [0, 0.1) is 6.92 Å². The molecule has 0 fully saturated rings. The minimum Gasteiger partial charge on any atom is -0.318 e. The normalized spacial score (nSPS) is 11.0. The number of benzene rings is 1. The summed E-state index contributed by atoms with van der Waals surface area (Å²) in [6.07, 6.45) is -3.25. The van der Waals surface area contributed by atoms with Crippen LogP contribution in [-0.2, 0) is 15.8 Å². The Balaban J connectivity index is 2.12. The molecule has 1 aromatic carbocycles. The summed E-state index contributed by atoms with van der Waals surface area (Å²) >= 11 is 5.48. The highest BCUT2D eigenvalue weighted by molar-refractivity contribution is 6.43. The topological polar surface area (TPSA) is 71.1 Å². The highest BCUT2D eigenvalue weighted by atomic mass is 35.5. The van der Waals surface area contributed by atoms with E-state index in [1.807, 2.05) is 0 Å². The molecule has 0 aliphatic rings. The van der Waals surface area contributed by atoms with Crippen LogP contribution in [0.1, 0.15) is 11.1 Å². The van der Waals surface area contributed by atoms with Crippen molar-refractivity contribution in [3.05, 3.63) is 52.7 Å². The van der Waals surface area contributed by atoms with Gasteiger partial charge in [-0.1, -0.05) is 17.7 Å². The minimum atomic E-state index is -4.68. The third-order valence-corrected chi connectivity index (χ3v) is 3.31. The highest BCUT2D eigenvalue weighted by Crippen LogP contribution is 2.36. The monoisotopic (exact) mass is 357 g/mol. The zero-order chi connectivity index (χ0) is 17.9. The molecule has 0 saturated carbocycles.